The lowest BCUT2D eigenvalue weighted by atomic mass is 10.0. The van der Waals surface area contributed by atoms with E-state index in [-0.39, 0.29) is 36.6 Å². The van der Waals surface area contributed by atoms with Gasteiger partial charge in [-0.25, -0.2) is 0 Å². The van der Waals surface area contributed by atoms with Crippen LogP contribution in [0.5, 0.6) is 0 Å². The third-order valence-electron chi connectivity index (χ3n) is 8.15. The van der Waals surface area contributed by atoms with E-state index in [2.05, 4.69) is 13.8 Å². The molecule has 0 saturated carbocycles. The maximum atomic E-state index is 10.6. The summed E-state index contributed by atoms with van der Waals surface area (Å²) in [6.07, 6.45) is 25.7. The summed E-state index contributed by atoms with van der Waals surface area (Å²) in [5.41, 5.74) is 0. The second-order valence-corrected chi connectivity index (χ2v) is 11.2. The van der Waals surface area contributed by atoms with Crippen LogP contribution in [0.2, 0.25) is 0 Å². The van der Waals surface area contributed by atoms with Crippen LogP contribution in [0, 0.1) is 0 Å². The molecule has 2 fully saturated rings. The molecule has 4 nitrogen and oxygen atoms in total. The predicted molar refractivity (Wildman–Crippen MR) is 142 cm³/mol. The van der Waals surface area contributed by atoms with Gasteiger partial charge in [-0.15, -0.1) is 0 Å². The monoisotopic (exact) mass is 482 g/mol. The van der Waals surface area contributed by atoms with Gasteiger partial charge in [0, 0.05) is 0 Å². The number of rotatable bonds is 21. The van der Waals surface area contributed by atoms with E-state index in [1.54, 1.807) is 0 Å². The minimum Gasteiger partial charge on any atom is -0.390 e. The zero-order valence-electron chi connectivity index (χ0n) is 22.7. The van der Waals surface area contributed by atoms with Crippen molar-refractivity contribution >= 4 is 0 Å². The summed E-state index contributed by atoms with van der Waals surface area (Å²) in [5, 5.41) is 21.2. The number of aliphatic hydroxyl groups excluding tert-OH is 2. The number of hydrogen-bond donors (Lipinski definition) is 2. The summed E-state index contributed by atoms with van der Waals surface area (Å²) in [6.45, 7) is 4.52. The first-order valence-corrected chi connectivity index (χ1v) is 15.3. The lowest BCUT2D eigenvalue weighted by molar-refractivity contribution is -0.110. The SMILES string of the molecule is CCCCCCCCCC[C@@H](O)[C@H]1CC[C@H]([C@H]2CC[C@H]([C@@H](O)CCCCCCCCCC)O2)O1. The van der Waals surface area contributed by atoms with Gasteiger partial charge in [-0.1, -0.05) is 117 Å². The number of hydrogen-bond acceptors (Lipinski definition) is 4. The fourth-order valence-electron chi connectivity index (χ4n) is 5.84. The van der Waals surface area contributed by atoms with Crippen molar-refractivity contribution in [1.29, 1.82) is 0 Å². The van der Waals surface area contributed by atoms with Gasteiger partial charge < -0.3 is 19.7 Å². The van der Waals surface area contributed by atoms with E-state index in [4.69, 9.17) is 9.47 Å². The van der Waals surface area contributed by atoms with E-state index in [1.165, 1.54) is 89.9 Å². The molecule has 2 aliphatic heterocycles. The van der Waals surface area contributed by atoms with Gasteiger partial charge >= 0.3 is 0 Å². The standard InChI is InChI=1S/C30H58O4/c1-3-5-7-9-11-13-15-17-19-25(31)27-21-23-29(33-27)30-24-22-28(34-30)26(32)20-18-16-14-12-10-8-6-4-2/h25-32H,3-24H2,1-2H3/t25-,26+,27-,28-,29-,30-/m1/s1. The highest BCUT2D eigenvalue weighted by atomic mass is 16.6. The summed E-state index contributed by atoms with van der Waals surface area (Å²) < 4.78 is 12.5. The Bertz CT molecular complexity index is 429. The quantitative estimate of drug-likeness (QED) is 0.163. The molecule has 2 saturated heterocycles. The summed E-state index contributed by atoms with van der Waals surface area (Å²) in [7, 11) is 0. The van der Waals surface area contributed by atoms with Crippen LogP contribution in [-0.2, 0) is 9.47 Å². The number of unbranched alkanes of at least 4 members (excludes halogenated alkanes) is 14. The van der Waals surface area contributed by atoms with Gasteiger partial charge in [-0.2, -0.15) is 0 Å². The van der Waals surface area contributed by atoms with Gasteiger partial charge in [0.1, 0.15) is 0 Å². The van der Waals surface area contributed by atoms with E-state index in [0.717, 1.165) is 51.4 Å². The normalized spacial score (nSPS) is 26.8. The molecule has 34 heavy (non-hydrogen) atoms. The Morgan fingerprint density at radius 1 is 0.500 bits per heavy atom. The fraction of sp³-hybridized carbons (Fsp3) is 1.00. The van der Waals surface area contributed by atoms with E-state index in [0.29, 0.717) is 0 Å². The van der Waals surface area contributed by atoms with Crippen LogP contribution in [0.1, 0.15) is 155 Å². The Balaban J connectivity index is 1.51. The molecule has 6 atom stereocenters. The average Bonchev–Trinajstić information content (AvgIpc) is 3.52. The highest BCUT2D eigenvalue weighted by Gasteiger charge is 2.40. The van der Waals surface area contributed by atoms with Crippen LogP contribution in [0.4, 0.5) is 0 Å². The Labute approximate surface area is 211 Å². The van der Waals surface area contributed by atoms with Crippen molar-refractivity contribution in [3.05, 3.63) is 0 Å². The van der Waals surface area contributed by atoms with E-state index in [9.17, 15) is 10.2 Å². The molecule has 0 radical (unpaired) electrons. The van der Waals surface area contributed by atoms with Crippen molar-refractivity contribution in [2.24, 2.45) is 0 Å². The smallest absolute Gasteiger partial charge is 0.0842 e. The van der Waals surface area contributed by atoms with Crippen molar-refractivity contribution in [3.63, 3.8) is 0 Å². The molecular weight excluding hydrogens is 424 g/mol. The molecule has 4 heteroatoms. The van der Waals surface area contributed by atoms with Crippen molar-refractivity contribution < 1.29 is 19.7 Å². The maximum Gasteiger partial charge on any atom is 0.0842 e. The molecule has 0 bridgehead atoms. The van der Waals surface area contributed by atoms with Gasteiger partial charge in [-0.3, -0.25) is 0 Å². The molecule has 0 aromatic carbocycles. The van der Waals surface area contributed by atoms with Gasteiger partial charge in [-0.05, 0) is 38.5 Å². The lowest BCUT2D eigenvalue weighted by Crippen LogP contribution is -2.33. The van der Waals surface area contributed by atoms with Crippen LogP contribution in [0.15, 0.2) is 0 Å². The van der Waals surface area contributed by atoms with Crippen molar-refractivity contribution in [2.75, 3.05) is 0 Å². The highest BCUT2D eigenvalue weighted by Crippen LogP contribution is 2.34. The third kappa shape index (κ3) is 12.2. The van der Waals surface area contributed by atoms with Gasteiger partial charge in [0.2, 0.25) is 0 Å². The second-order valence-electron chi connectivity index (χ2n) is 11.2. The van der Waals surface area contributed by atoms with Crippen LogP contribution in [0.3, 0.4) is 0 Å². The lowest BCUT2D eigenvalue weighted by Gasteiger charge is -2.24. The highest BCUT2D eigenvalue weighted by molar-refractivity contribution is 4.89. The molecule has 2 N–H and O–H groups in total. The summed E-state index contributed by atoms with van der Waals surface area (Å²) in [6, 6.07) is 0. The molecule has 202 valence electrons. The number of aliphatic hydroxyl groups is 2. The first kappa shape index (κ1) is 30.1. The van der Waals surface area contributed by atoms with Gasteiger partial charge in [0.15, 0.2) is 0 Å². The zero-order chi connectivity index (χ0) is 24.4. The molecule has 0 aliphatic carbocycles. The van der Waals surface area contributed by atoms with Gasteiger partial charge in [0.05, 0.1) is 36.6 Å². The molecular formula is C30H58O4. The molecule has 0 unspecified atom stereocenters. The van der Waals surface area contributed by atoms with Gasteiger partial charge in [0.25, 0.3) is 0 Å². The van der Waals surface area contributed by atoms with Crippen LogP contribution in [-0.4, -0.2) is 46.8 Å². The molecule has 2 aliphatic rings. The third-order valence-corrected chi connectivity index (χ3v) is 8.15. The predicted octanol–water partition coefficient (Wildman–Crippen LogP) is 7.87. The average molecular weight is 483 g/mol. The Morgan fingerprint density at radius 2 is 0.824 bits per heavy atom. The summed E-state index contributed by atoms with van der Waals surface area (Å²) >= 11 is 0. The maximum absolute atomic E-state index is 10.6. The van der Waals surface area contributed by atoms with Crippen molar-refractivity contribution in [3.8, 4) is 0 Å². The van der Waals surface area contributed by atoms with E-state index < -0.39 is 0 Å². The minimum atomic E-state index is -0.338. The van der Waals surface area contributed by atoms with E-state index >= 15 is 0 Å². The van der Waals surface area contributed by atoms with Crippen molar-refractivity contribution in [2.45, 2.75) is 192 Å². The fourth-order valence-corrected chi connectivity index (χ4v) is 5.84. The van der Waals surface area contributed by atoms with Crippen LogP contribution >= 0.6 is 0 Å². The minimum absolute atomic E-state index is 0.0283. The molecule has 0 amide bonds. The molecule has 2 rings (SSSR count). The Morgan fingerprint density at radius 3 is 1.18 bits per heavy atom. The molecule has 0 aromatic rings. The first-order valence-electron chi connectivity index (χ1n) is 15.3. The molecule has 0 spiro atoms. The topological polar surface area (TPSA) is 58.9 Å². The van der Waals surface area contributed by atoms with E-state index in [1.807, 2.05) is 0 Å². The zero-order valence-corrected chi connectivity index (χ0v) is 22.7. The number of ether oxygens (including phenoxy) is 2. The second kappa shape index (κ2) is 19.0. The van der Waals surface area contributed by atoms with Crippen molar-refractivity contribution in [1.82, 2.24) is 0 Å². The molecule has 0 aromatic heterocycles. The molecule has 2 heterocycles. The summed E-state index contributed by atoms with van der Waals surface area (Å²) in [4.78, 5) is 0. The van der Waals surface area contributed by atoms with Crippen LogP contribution in [0.25, 0.3) is 0 Å². The largest absolute Gasteiger partial charge is 0.390 e. The Hall–Kier alpha value is -0.160. The van der Waals surface area contributed by atoms with Crippen LogP contribution < -0.4 is 0 Å². The first-order chi connectivity index (χ1) is 16.7. The summed E-state index contributed by atoms with van der Waals surface area (Å²) in [5.74, 6) is 0. The Kier molecular flexibility index (Phi) is 16.8.